The third kappa shape index (κ3) is 3.71. The molecule has 1 saturated heterocycles. The Balaban J connectivity index is 1.55. The second-order valence-electron chi connectivity index (χ2n) is 5.80. The van der Waals surface area contributed by atoms with Crippen molar-refractivity contribution in [1.29, 1.82) is 0 Å². The van der Waals surface area contributed by atoms with Crippen molar-refractivity contribution in [2.75, 3.05) is 18.4 Å². The molecule has 0 aliphatic carbocycles. The summed E-state index contributed by atoms with van der Waals surface area (Å²) in [4.78, 5) is 18.4. The fraction of sp³-hybridized carbons (Fsp3) is 0.438. The highest BCUT2D eigenvalue weighted by Crippen LogP contribution is 2.18. The Hall–Kier alpha value is -2.21. The van der Waals surface area contributed by atoms with E-state index in [1.54, 1.807) is 12.4 Å². The van der Waals surface area contributed by atoms with Gasteiger partial charge in [-0.2, -0.15) is 5.10 Å². The molecule has 2 aromatic heterocycles. The van der Waals surface area contributed by atoms with Gasteiger partial charge in [-0.3, -0.25) is 19.4 Å². The largest absolute Gasteiger partial charge is 0.324 e. The van der Waals surface area contributed by atoms with E-state index in [1.807, 2.05) is 36.1 Å². The predicted octanol–water partition coefficient (Wildman–Crippen LogP) is 1.69. The van der Waals surface area contributed by atoms with E-state index in [0.717, 1.165) is 31.6 Å². The third-order valence-corrected chi connectivity index (χ3v) is 3.95. The molecule has 1 atom stereocenters. The molecule has 0 spiro atoms. The molecular formula is C16H21N5O. The van der Waals surface area contributed by atoms with Crippen LogP contribution in [-0.2, 0) is 11.3 Å². The molecule has 1 aliphatic heterocycles. The van der Waals surface area contributed by atoms with E-state index in [2.05, 4.69) is 20.3 Å². The summed E-state index contributed by atoms with van der Waals surface area (Å²) >= 11 is 0. The smallest absolute Gasteiger partial charge is 0.238 e. The SMILES string of the molecule is Cc1cnn(C[C@H]2CCCN2CC(=O)Nc2cccnc2)c1. The first-order valence-electron chi connectivity index (χ1n) is 7.64. The zero-order valence-electron chi connectivity index (χ0n) is 12.8. The van der Waals surface area contributed by atoms with Crippen molar-refractivity contribution in [1.82, 2.24) is 19.7 Å². The number of anilines is 1. The van der Waals surface area contributed by atoms with Gasteiger partial charge in [0.05, 0.1) is 31.2 Å². The topological polar surface area (TPSA) is 63.1 Å². The molecule has 0 bridgehead atoms. The lowest BCUT2D eigenvalue weighted by molar-refractivity contribution is -0.117. The predicted molar refractivity (Wildman–Crippen MR) is 84.4 cm³/mol. The lowest BCUT2D eigenvalue weighted by Crippen LogP contribution is -2.39. The first-order valence-corrected chi connectivity index (χ1v) is 7.64. The van der Waals surface area contributed by atoms with Gasteiger partial charge in [-0.1, -0.05) is 0 Å². The lowest BCUT2D eigenvalue weighted by Gasteiger charge is -2.23. The molecule has 3 heterocycles. The van der Waals surface area contributed by atoms with E-state index in [-0.39, 0.29) is 5.91 Å². The monoisotopic (exact) mass is 299 g/mol. The van der Waals surface area contributed by atoms with Crippen molar-refractivity contribution in [2.24, 2.45) is 0 Å². The summed E-state index contributed by atoms with van der Waals surface area (Å²) in [7, 11) is 0. The van der Waals surface area contributed by atoms with Gasteiger partial charge in [0.2, 0.25) is 5.91 Å². The third-order valence-electron chi connectivity index (χ3n) is 3.95. The fourth-order valence-electron chi connectivity index (χ4n) is 2.91. The Morgan fingerprint density at radius 2 is 2.36 bits per heavy atom. The minimum absolute atomic E-state index is 0.0107. The first kappa shape index (κ1) is 14.7. The van der Waals surface area contributed by atoms with Crippen LogP contribution in [0.25, 0.3) is 0 Å². The number of carbonyl (C=O) groups is 1. The molecule has 6 nitrogen and oxygen atoms in total. The van der Waals surface area contributed by atoms with Crippen LogP contribution in [0.15, 0.2) is 36.9 Å². The number of aryl methyl sites for hydroxylation is 1. The van der Waals surface area contributed by atoms with E-state index in [0.29, 0.717) is 12.6 Å². The summed E-state index contributed by atoms with van der Waals surface area (Å²) in [6, 6.07) is 4.03. The molecule has 1 amide bonds. The van der Waals surface area contributed by atoms with Gasteiger partial charge in [-0.15, -0.1) is 0 Å². The van der Waals surface area contributed by atoms with Crippen molar-refractivity contribution in [3.8, 4) is 0 Å². The summed E-state index contributed by atoms with van der Waals surface area (Å²) in [5.41, 5.74) is 1.91. The number of aromatic nitrogens is 3. The van der Waals surface area contributed by atoms with E-state index < -0.39 is 0 Å². The fourth-order valence-corrected chi connectivity index (χ4v) is 2.91. The summed E-state index contributed by atoms with van der Waals surface area (Å²) in [5, 5.41) is 7.23. The van der Waals surface area contributed by atoms with Crippen LogP contribution >= 0.6 is 0 Å². The van der Waals surface area contributed by atoms with Crippen molar-refractivity contribution in [3.05, 3.63) is 42.5 Å². The first-order chi connectivity index (χ1) is 10.7. The quantitative estimate of drug-likeness (QED) is 0.912. The molecular weight excluding hydrogens is 278 g/mol. The summed E-state index contributed by atoms with van der Waals surface area (Å²) in [6.45, 7) is 4.26. The van der Waals surface area contributed by atoms with Gasteiger partial charge in [0.15, 0.2) is 0 Å². The Morgan fingerprint density at radius 3 is 3.09 bits per heavy atom. The molecule has 0 saturated carbocycles. The van der Waals surface area contributed by atoms with Crippen LogP contribution in [0, 0.1) is 6.92 Å². The average molecular weight is 299 g/mol. The summed E-state index contributed by atoms with van der Waals surface area (Å²) in [6.07, 6.45) is 9.51. The van der Waals surface area contributed by atoms with Gasteiger partial charge >= 0.3 is 0 Å². The molecule has 0 aromatic carbocycles. The van der Waals surface area contributed by atoms with Gasteiger partial charge in [0.1, 0.15) is 0 Å². The number of hydrogen-bond donors (Lipinski definition) is 1. The van der Waals surface area contributed by atoms with Crippen LogP contribution in [0.4, 0.5) is 5.69 Å². The van der Waals surface area contributed by atoms with Crippen LogP contribution in [0.2, 0.25) is 0 Å². The molecule has 116 valence electrons. The summed E-state index contributed by atoms with van der Waals surface area (Å²) < 4.78 is 1.97. The van der Waals surface area contributed by atoms with Crippen molar-refractivity contribution in [3.63, 3.8) is 0 Å². The van der Waals surface area contributed by atoms with Gasteiger partial charge in [-0.05, 0) is 44.0 Å². The van der Waals surface area contributed by atoms with E-state index in [9.17, 15) is 4.79 Å². The van der Waals surface area contributed by atoms with Crippen molar-refractivity contribution >= 4 is 11.6 Å². The maximum absolute atomic E-state index is 12.2. The Kier molecular flexibility index (Phi) is 4.48. The number of pyridine rings is 1. The number of amides is 1. The Labute approximate surface area is 130 Å². The number of carbonyl (C=O) groups excluding carboxylic acids is 1. The van der Waals surface area contributed by atoms with Crippen LogP contribution in [0.5, 0.6) is 0 Å². The molecule has 0 radical (unpaired) electrons. The van der Waals surface area contributed by atoms with E-state index >= 15 is 0 Å². The number of nitrogens with zero attached hydrogens (tertiary/aromatic N) is 4. The molecule has 1 aliphatic rings. The van der Waals surface area contributed by atoms with E-state index in [4.69, 9.17) is 0 Å². The number of likely N-dealkylation sites (tertiary alicyclic amines) is 1. The molecule has 6 heteroatoms. The van der Waals surface area contributed by atoms with Gasteiger partial charge < -0.3 is 5.32 Å². The second-order valence-corrected chi connectivity index (χ2v) is 5.80. The minimum Gasteiger partial charge on any atom is -0.324 e. The van der Waals surface area contributed by atoms with E-state index in [1.165, 1.54) is 5.56 Å². The molecule has 1 fully saturated rings. The van der Waals surface area contributed by atoms with Crippen molar-refractivity contribution < 1.29 is 4.79 Å². The lowest BCUT2D eigenvalue weighted by atomic mass is 10.2. The van der Waals surface area contributed by atoms with Gasteiger partial charge in [0, 0.05) is 18.4 Å². The molecule has 0 unspecified atom stereocenters. The van der Waals surface area contributed by atoms with Crippen molar-refractivity contribution in [2.45, 2.75) is 32.4 Å². The highest BCUT2D eigenvalue weighted by molar-refractivity contribution is 5.92. The zero-order chi connectivity index (χ0) is 15.4. The van der Waals surface area contributed by atoms with Crippen LogP contribution < -0.4 is 5.32 Å². The highest BCUT2D eigenvalue weighted by atomic mass is 16.2. The maximum Gasteiger partial charge on any atom is 0.238 e. The number of hydrogen-bond acceptors (Lipinski definition) is 4. The minimum atomic E-state index is 0.0107. The highest BCUT2D eigenvalue weighted by Gasteiger charge is 2.26. The van der Waals surface area contributed by atoms with Gasteiger partial charge in [-0.25, -0.2) is 0 Å². The zero-order valence-corrected chi connectivity index (χ0v) is 12.8. The molecule has 22 heavy (non-hydrogen) atoms. The normalized spacial score (nSPS) is 18.5. The summed E-state index contributed by atoms with van der Waals surface area (Å²) in [5.74, 6) is 0.0107. The van der Waals surface area contributed by atoms with Crippen LogP contribution in [0.3, 0.4) is 0 Å². The maximum atomic E-state index is 12.2. The van der Waals surface area contributed by atoms with Crippen LogP contribution in [-0.4, -0.2) is 44.7 Å². The van der Waals surface area contributed by atoms with Gasteiger partial charge in [0.25, 0.3) is 0 Å². The average Bonchev–Trinajstić information content (AvgIpc) is 3.10. The molecule has 3 rings (SSSR count). The standard InChI is InChI=1S/C16H21N5O/c1-13-8-18-21(10-13)11-15-5-3-7-20(15)12-16(22)19-14-4-2-6-17-9-14/h2,4,6,8-10,15H,3,5,7,11-12H2,1H3,(H,19,22)/t15-/m1/s1. The molecule has 2 aromatic rings. The Morgan fingerprint density at radius 1 is 1.45 bits per heavy atom. The second kappa shape index (κ2) is 6.70. The number of rotatable bonds is 5. The molecule has 1 N–H and O–H groups in total. The van der Waals surface area contributed by atoms with Crippen LogP contribution in [0.1, 0.15) is 18.4 Å². The number of nitrogens with one attached hydrogen (secondary N) is 1. The Bertz CT molecular complexity index is 624.